The number of rotatable bonds is 3. The zero-order valence-corrected chi connectivity index (χ0v) is 10.3. The molecule has 0 aliphatic heterocycles. The lowest BCUT2D eigenvalue weighted by Crippen LogP contribution is -2.45. The van der Waals surface area contributed by atoms with Crippen molar-refractivity contribution < 1.29 is 9.90 Å². The van der Waals surface area contributed by atoms with Crippen molar-refractivity contribution >= 4 is 11.6 Å². The van der Waals surface area contributed by atoms with E-state index in [4.69, 9.17) is 0 Å². The molecule has 16 heavy (non-hydrogen) atoms. The molecule has 88 valence electrons. The van der Waals surface area contributed by atoms with Gasteiger partial charge in [0.15, 0.2) is 0 Å². The van der Waals surface area contributed by atoms with Crippen molar-refractivity contribution in [2.75, 3.05) is 11.4 Å². The van der Waals surface area contributed by atoms with Crippen LogP contribution in [0.4, 0.5) is 5.69 Å². The van der Waals surface area contributed by atoms with E-state index in [1.807, 2.05) is 38.1 Å². The van der Waals surface area contributed by atoms with Gasteiger partial charge in [-0.2, -0.15) is 0 Å². The Morgan fingerprint density at radius 1 is 1.44 bits per heavy atom. The molecule has 3 nitrogen and oxygen atoms in total. The summed E-state index contributed by atoms with van der Waals surface area (Å²) in [5.74, 6) is -0.277. The lowest BCUT2D eigenvalue weighted by atomic mass is 10.1. The molecule has 1 aromatic carbocycles. The highest BCUT2D eigenvalue weighted by molar-refractivity contribution is 5.98. The van der Waals surface area contributed by atoms with Crippen LogP contribution in [0.5, 0.6) is 0 Å². The zero-order valence-electron chi connectivity index (χ0n) is 10.3. The van der Waals surface area contributed by atoms with Gasteiger partial charge in [0.1, 0.15) is 5.60 Å². The number of aryl methyl sites for hydroxylation is 1. The molecule has 1 N–H and O–H groups in total. The van der Waals surface area contributed by atoms with Gasteiger partial charge in [0.25, 0.3) is 5.91 Å². The third-order valence-electron chi connectivity index (χ3n) is 2.40. The first-order valence-electron chi connectivity index (χ1n) is 5.47. The van der Waals surface area contributed by atoms with E-state index in [1.54, 1.807) is 4.90 Å². The number of carbonyl (C=O) groups excluding carboxylic acids is 1. The fourth-order valence-electron chi connectivity index (χ4n) is 1.57. The van der Waals surface area contributed by atoms with Crippen LogP contribution < -0.4 is 4.90 Å². The first-order chi connectivity index (χ1) is 7.36. The third kappa shape index (κ3) is 2.83. The van der Waals surface area contributed by atoms with Crippen molar-refractivity contribution in [3.05, 3.63) is 29.8 Å². The summed E-state index contributed by atoms with van der Waals surface area (Å²) < 4.78 is 0. The average molecular weight is 221 g/mol. The first kappa shape index (κ1) is 12.7. The SMILES string of the molecule is CCN(C(=O)C(C)(C)O)c1cccc(C)c1. The monoisotopic (exact) mass is 221 g/mol. The van der Waals surface area contributed by atoms with Crippen LogP contribution in [0.2, 0.25) is 0 Å². The summed E-state index contributed by atoms with van der Waals surface area (Å²) in [6.45, 7) is 7.44. The van der Waals surface area contributed by atoms with Crippen molar-refractivity contribution in [1.82, 2.24) is 0 Å². The van der Waals surface area contributed by atoms with E-state index >= 15 is 0 Å². The molecule has 0 aromatic heterocycles. The van der Waals surface area contributed by atoms with Gasteiger partial charge in [0.05, 0.1) is 0 Å². The van der Waals surface area contributed by atoms with Crippen molar-refractivity contribution in [3.8, 4) is 0 Å². The zero-order chi connectivity index (χ0) is 12.3. The van der Waals surface area contributed by atoms with Gasteiger partial charge in [-0.3, -0.25) is 4.79 Å². The Labute approximate surface area is 96.7 Å². The molecule has 0 aliphatic carbocycles. The lowest BCUT2D eigenvalue weighted by Gasteiger charge is -2.27. The van der Waals surface area contributed by atoms with E-state index in [2.05, 4.69) is 0 Å². The minimum Gasteiger partial charge on any atom is -0.381 e. The molecule has 1 amide bonds. The van der Waals surface area contributed by atoms with Crippen LogP contribution in [0.15, 0.2) is 24.3 Å². The Bertz CT molecular complexity index is 380. The number of likely N-dealkylation sites (N-methyl/N-ethyl adjacent to an activating group) is 1. The van der Waals surface area contributed by atoms with Gasteiger partial charge in [0.2, 0.25) is 0 Å². The molecule has 0 heterocycles. The summed E-state index contributed by atoms with van der Waals surface area (Å²) in [5, 5.41) is 9.73. The van der Waals surface area contributed by atoms with Crippen molar-refractivity contribution in [2.24, 2.45) is 0 Å². The van der Waals surface area contributed by atoms with Crippen molar-refractivity contribution in [3.63, 3.8) is 0 Å². The Balaban J connectivity index is 3.04. The van der Waals surface area contributed by atoms with E-state index in [9.17, 15) is 9.90 Å². The molecule has 0 atom stereocenters. The van der Waals surface area contributed by atoms with E-state index in [0.29, 0.717) is 6.54 Å². The van der Waals surface area contributed by atoms with Gasteiger partial charge in [-0.05, 0) is 45.4 Å². The fourth-order valence-corrected chi connectivity index (χ4v) is 1.57. The lowest BCUT2D eigenvalue weighted by molar-refractivity contribution is -0.133. The molecule has 1 aromatic rings. The molecule has 0 bridgehead atoms. The van der Waals surface area contributed by atoms with Gasteiger partial charge in [-0.15, -0.1) is 0 Å². The smallest absolute Gasteiger partial charge is 0.258 e. The summed E-state index contributed by atoms with van der Waals surface area (Å²) in [6.07, 6.45) is 0. The summed E-state index contributed by atoms with van der Waals surface area (Å²) in [7, 11) is 0. The Kier molecular flexibility index (Phi) is 3.70. The van der Waals surface area contributed by atoms with Gasteiger partial charge in [-0.25, -0.2) is 0 Å². The second kappa shape index (κ2) is 4.66. The summed E-state index contributed by atoms with van der Waals surface area (Å²) in [6, 6.07) is 7.70. The van der Waals surface area contributed by atoms with Gasteiger partial charge >= 0.3 is 0 Å². The molecule has 1 rings (SSSR count). The highest BCUT2D eigenvalue weighted by Crippen LogP contribution is 2.19. The van der Waals surface area contributed by atoms with E-state index in [-0.39, 0.29) is 5.91 Å². The Morgan fingerprint density at radius 3 is 2.50 bits per heavy atom. The number of benzene rings is 1. The number of anilines is 1. The Hall–Kier alpha value is -1.35. The molecule has 0 saturated heterocycles. The molecule has 0 saturated carbocycles. The molecular weight excluding hydrogens is 202 g/mol. The van der Waals surface area contributed by atoms with Gasteiger partial charge in [0, 0.05) is 12.2 Å². The third-order valence-corrected chi connectivity index (χ3v) is 2.40. The van der Waals surface area contributed by atoms with E-state index < -0.39 is 5.60 Å². The van der Waals surface area contributed by atoms with Crippen LogP contribution in [0.3, 0.4) is 0 Å². The number of nitrogens with zero attached hydrogens (tertiary/aromatic N) is 1. The molecular formula is C13H19NO2. The van der Waals surface area contributed by atoms with E-state index in [1.165, 1.54) is 13.8 Å². The van der Waals surface area contributed by atoms with Crippen molar-refractivity contribution in [1.29, 1.82) is 0 Å². The Morgan fingerprint density at radius 2 is 2.06 bits per heavy atom. The number of amides is 1. The number of carbonyl (C=O) groups is 1. The number of hydrogen-bond donors (Lipinski definition) is 1. The summed E-state index contributed by atoms with van der Waals surface area (Å²) in [5.41, 5.74) is 0.592. The topological polar surface area (TPSA) is 40.5 Å². The first-order valence-corrected chi connectivity index (χ1v) is 5.47. The average Bonchev–Trinajstić information content (AvgIpc) is 2.17. The highest BCUT2D eigenvalue weighted by atomic mass is 16.3. The maximum absolute atomic E-state index is 12.0. The predicted octanol–water partition coefficient (Wildman–Crippen LogP) is 2.12. The fraction of sp³-hybridized carbons (Fsp3) is 0.462. The van der Waals surface area contributed by atoms with E-state index in [0.717, 1.165) is 11.3 Å². The summed E-state index contributed by atoms with van der Waals surface area (Å²) >= 11 is 0. The minimum absolute atomic E-state index is 0.277. The standard InChI is InChI=1S/C13H19NO2/c1-5-14(12(15)13(3,4)16)11-8-6-7-10(2)9-11/h6-9,16H,5H2,1-4H3. The maximum Gasteiger partial charge on any atom is 0.258 e. The maximum atomic E-state index is 12.0. The molecule has 0 fully saturated rings. The second-order valence-electron chi connectivity index (χ2n) is 4.45. The molecule has 3 heteroatoms. The van der Waals surface area contributed by atoms with Crippen LogP contribution in [-0.4, -0.2) is 23.2 Å². The number of hydrogen-bond acceptors (Lipinski definition) is 2. The molecule has 0 aliphatic rings. The normalized spacial score (nSPS) is 11.3. The van der Waals surface area contributed by atoms with Gasteiger partial charge in [-0.1, -0.05) is 12.1 Å². The quantitative estimate of drug-likeness (QED) is 0.849. The molecule has 0 spiro atoms. The minimum atomic E-state index is -1.33. The van der Waals surface area contributed by atoms with Crippen LogP contribution in [0.25, 0.3) is 0 Å². The number of aliphatic hydroxyl groups is 1. The second-order valence-corrected chi connectivity index (χ2v) is 4.45. The molecule has 0 unspecified atom stereocenters. The molecule has 0 radical (unpaired) electrons. The van der Waals surface area contributed by atoms with Crippen LogP contribution in [0, 0.1) is 6.92 Å². The van der Waals surface area contributed by atoms with Crippen molar-refractivity contribution in [2.45, 2.75) is 33.3 Å². The summed E-state index contributed by atoms with van der Waals surface area (Å²) in [4.78, 5) is 13.6. The largest absolute Gasteiger partial charge is 0.381 e. The van der Waals surface area contributed by atoms with Crippen LogP contribution >= 0.6 is 0 Å². The van der Waals surface area contributed by atoms with Crippen LogP contribution in [-0.2, 0) is 4.79 Å². The van der Waals surface area contributed by atoms with Gasteiger partial charge < -0.3 is 10.0 Å². The predicted molar refractivity (Wildman–Crippen MR) is 65.5 cm³/mol. The van der Waals surface area contributed by atoms with Crippen LogP contribution in [0.1, 0.15) is 26.3 Å². The highest BCUT2D eigenvalue weighted by Gasteiger charge is 2.29.